The molecule has 2 amide bonds. The summed E-state index contributed by atoms with van der Waals surface area (Å²) < 4.78 is 0. The summed E-state index contributed by atoms with van der Waals surface area (Å²) in [6.07, 6.45) is 2.12. The fourth-order valence-electron chi connectivity index (χ4n) is 2.33. The van der Waals surface area contributed by atoms with E-state index in [4.69, 9.17) is 0 Å². The molecule has 0 radical (unpaired) electrons. The molecule has 1 aliphatic rings. The molecule has 1 fully saturated rings. The van der Waals surface area contributed by atoms with Crippen LogP contribution in [0.5, 0.6) is 0 Å². The van der Waals surface area contributed by atoms with Crippen molar-refractivity contribution in [1.29, 1.82) is 0 Å². The first-order chi connectivity index (χ1) is 8.94. The smallest absolute Gasteiger partial charge is 0.252 e. The van der Waals surface area contributed by atoms with Gasteiger partial charge in [0.15, 0.2) is 0 Å². The number of nitrogens with one attached hydrogen (secondary N) is 1. The van der Waals surface area contributed by atoms with Gasteiger partial charge in [0, 0.05) is 5.69 Å². The van der Waals surface area contributed by atoms with E-state index in [1.165, 1.54) is 5.56 Å². The van der Waals surface area contributed by atoms with Crippen molar-refractivity contribution < 1.29 is 9.59 Å². The van der Waals surface area contributed by atoms with E-state index in [0.717, 1.165) is 18.5 Å². The quantitative estimate of drug-likeness (QED) is 0.902. The van der Waals surface area contributed by atoms with Crippen molar-refractivity contribution >= 4 is 17.5 Å². The van der Waals surface area contributed by atoms with E-state index in [1.807, 2.05) is 24.3 Å². The number of piperazine rings is 1. The van der Waals surface area contributed by atoms with Crippen LogP contribution in [0, 0.1) is 0 Å². The summed E-state index contributed by atoms with van der Waals surface area (Å²) in [5.41, 5.74) is 1.20. The Morgan fingerprint density at radius 1 is 1.21 bits per heavy atom. The molecule has 2 rings (SSSR count). The van der Waals surface area contributed by atoms with Gasteiger partial charge >= 0.3 is 0 Å². The summed E-state index contributed by atoms with van der Waals surface area (Å²) in [7, 11) is 0. The molecule has 0 spiro atoms. The van der Waals surface area contributed by atoms with E-state index >= 15 is 0 Å². The van der Waals surface area contributed by atoms with Crippen molar-refractivity contribution in [3.05, 3.63) is 29.8 Å². The number of amides is 2. The van der Waals surface area contributed by atoms with Crippen molar-refractivity contribution in [2.45, 2.75) is 39.2 Å². The maximum atomic E-state index is 12.3. The van der Waals surface area contributed by atoms with E-state index < -0.39 is 5.54 Å². The standard InChI is InChI=1S/C15H20N2O2/c1-4-5-11-6-8-12(9-7-11)17-10-13(18)16-15(2,3)14(17)19/h6-9H,4-5,10H2,1-3H3,(H,16,18). The second kappa shape index (κ2) is 5.03. The van der Waals surface area contributed by atoms with Gasteiger partial charge in [0.25, 0.3) is 5.91 Å². The molecule has 1 aromatic carbocycles. The first-order valence-corrected chi connectivity index (χ1v) is 6.66. The average Bonchev–Trinajstić information content (AvgIpc) is 2.35. The lowest BCUT2D eigenvalue weighted by Crippen LogP contribution is -2.64. The molecule has 4 heteroatoms. The highest BCUT2D eigenvalue weighted by Crippen LogP contribution is 2.22. The largest absolute Gasteiger partial charge is 0.341 e. The summed E-state index contributed by atoms with van der Waals surface area (Å²) in [4.78, 5) is 25.5. The summed E-state index contributed by atoms with van der Waals surface area (Å²) in [6, 6.07) is 7.87. The molecular formula is C15H20N2O2. The Bertz CT molecular complexity index is 491. The number of carbonyl (C=O) groups is 2. The molecule has 4 nitrogen and oxygen atoms in total. The highest BCUT2D eigenvalue weighted by molar-refractivity contribution is 6.08. The van der Waals surface area contributed by atoms with Crippen molar-refractivity contribution in [3.8, 4) is 0 Å². The van der Waals surface area contributed by atoms with Crippen LogP contribution in [0.15, 0.2) is 24.3 Å². The molecule has 1 aromatic rings. The predicted octanol–water partition coefficient (Wildman–Crippen LogP) is 1.88. The molecule has 0 saturated carbocycles. The summed E-state index contributed by atoms with van der Waals surface area (Å²) in [5.74, 6) is -0.197. The van der Waals surface area contributed by atoms with Gasteiger partial charge in [0.05, 0.1) is 0 Å². The molecule has 0 aliphatic carbocycles. The highest BCUT2D eigenvalue weighted by atomic mass is 16.2. The topological polar surface area (TPSA) is 49.4 Å². The van der Waals surface area contributed by atoms with Gasteiger partial charge in [-0.25, -0.2) is 0 Å². The minimum absolute atomic E-state index is 0.0738. The van der Waals surface area contributed by atoms with Crippen LogP contribution in [0.3, 0.4) is 0 Å². The molecular weight excluding hydrogens is 240 g/mol. The number of hydrogen-bond donors (Lipinski definition) is 1. The molecule has 1 heterocycles. The monoisotopic (exact) mass is 260 g/mol. The predicted molar refractivity (Wildman–Crippen MR) is 75.0 cm³/mol. The molecule has 102 valence electrons. The number of nitrogens with zero attached hydrogens (tertiary/aromatic N) is 1. The van der Waals surface area contributed by atoms with Gasteiger partial charge < -0.3 is 10.2 Å². The Morgan fingerprint density at radius 2 is 1.84 bits per heavy atom. The molecule has 19 heavy (non-hydrogen) atoms. The van der Waals surface area contributed by atoms with Crippen molar-refractivity contribution in [1.82, 2.24) is 5.32 Å². The number of hydrogen-bond acceptors (Lipinski definition) is 2. The zero-order chi connectivity index (χ0) is 14.0. The van der Waals surface area contributed by atoms with Crippen LogP contribution in [0.1, 0.15) is 32.8 Å². The number of carbonyl (C=O) groups excluding carboxylic acids is 2. The van der Waals surface area contributed by atoms with E-state index in [2.05, 4.69) is 12.2 Å². The van der Waals surface area contributed by atoms with Crippen molar-refractivity contribution in [2.24, 2.45) is 0 Å². The second-order valence-electron chi connectivity index (χ2n) is 5.48. The van der Waals surface area contributed by atoms with Crippen LogP contribution in [-0.2, 0) is 16.0 Å². The number of benzene rings is 1. The third-order valence-electron chi connectivity index (χ3n) is 3.32. The number of rotatable bonds is 3. The van der Waals surface area contributed by atoms with Crippen LogP contribution in [0.2, 0.25) is 0 Å². The number of aryl methyl sites for hydroxylation is 1. The highest BCUT2D eigenvalue weighted by Gasteiger charge is 2.39. The van der Waals surface area contributed by atoms with Gasteiger partial charge in [0.2, 0.25) is 5.91 Å². The van der Waals surface area contributed by atoms with Gasteiger partial charge in [0.1, 0.15) is 12.1 Å². The van der Waals surface area contributed by atoms with E-state index in [0.29, 0.717) is 0 Å². The molecule has 0 atom stereocenters. The van der Waals surface area contributed by atoms with Crippen LogP contribution in [0.4, 0.5) is 5.69 Å². The van der Waals surface area contributed by atoms with E-state index in [9.17, 15) is 9.59 Å². The van der Waals surface area contributed by atoms with E-state index in [-0.39, 0.29) is 18.4 Å². The molecule has 1 aliphatic heterocycles. The molecule has 1 N–H and O–H groups in total. The lowest BCUT2D eigenvalue weighted by Gasteiger charge is -2.37. The Balaban J connectivity index is 2.24. The fourth-order valence-corrected chi connectivity index (χ4v) is 2.33. The van der Waals surface area contributed by atoms with Gasteiger partial charge in [-0.1, -0.05) is 25.5 Å². The van der Waals surface area contributed by atoms with Gasteiger partial charge in [-0.2, -0.15) is 0 Å². The van der Waals surface area contributed by atoms with Crippen LogP contribution >= 0.6 is 0 Å². The van der Waals surface area contributed by atoms with Gasteiger partial charge in [-0.15, -0.1) is 0 Å². The third-order valence-corrected chi connectivity index (χ3v) is 3.32. The number of anilines is 1. The minimum atomic E-state index is -0.836. The maximum Gasteiger partial charge on any atom is 0.252 e. The maximum absolute atomic E-state index is 12.3. The van der Waals surface area contributed by atoms with Gasteiger partial charge in [-0.05, 0) is 38.0 Å². The third kappa shape index (κ3) is 2.78. The van der Waals surface area contributed by atoms with Crippen molar-refractivity contribution in [3.63, 3.8) is 0 Å². The summed E-state index contributed by atoms with van der Waals surface area (Å²) in [5, 5.41) is 2.71. The summed E-state index contributed by atoms with van der Waals surface area (Å²) >= 11 is 0. The first-order valence-electron chi connectivity index (χ1n) is 6.66. The van der Waals surface area contributed by atoms with Crippen LogP contribution < -0.4 is 10.2 Å². The fraction of sp³-hybridized carbons (Fsp3) is 0.467. The minimum Gasteiger partial charge on any atom is -0.341 e. The SMILES string of the molecule is CCCc1ccc(N2CC(=O)NC(C)(C)C2=O)cc1. The Hall–Kier alpha value is -1.84. The Kier molecular flexibility index (Phi) is 3.60. The van der Waals surface area contributed by atoms with Crippen molar-refractivity contribution in [2.75, 3.05) is 11.4 Å². The summed E-state index contributed by atoms with van der Waals surface area (Å²) in [6.45, 7) is 5.68. The lowest BCUT2D eigenvalue weighted by atomic mass is 9.99. The van der Waals surface area contributed by atoms with Crippen LogP contribution in [0.25, 0.3) is 0 Å². The molecule has 0 bridgehead atoms. The zero-order valence-electron chi connectivity index (χ0n) is 11.7. The van der Waals surface area contributed by atoms with Gasteiger partial charge in [-0.3, -0.25) is 9.59 Å². The molecule has 0 aromatic heterocycles. The average molecular weight is 260 g/mol. The van der Waals surface area contributed by atoms with Crippen LogP contribution in [-0.4, -0.2) is 23.9 Å². The Labute approximate surface area is 113 Å². The Morgan fingerprint density at radius 3 is 2.42 bits per heavy atom. The second-order valence-corrected chi connectivity index (χ2v) is 5.48. The molecule has 1 saturated heterocycles. The first kappa shape index (κ1) is 13.6. The lowest BCUT2D eigenvalue weighted by molar-refractivity contribution is -0.134. The molecule has 0 unspecified atom stereocenters. The zero-order valence-corrected chi connectivity index (χ0v) is 11.7. The van der Waals surface area contributed by atoms with E-state index in [1.54, 1.807) is 18.7 Å². The normalized spacial score (nSPS) is 18.4.